The Balaban J connectivity index is 1.32. The minimum absolute atomic E-state index is 0.0773. The molecule has 162 valence electrons. The van der Waals surface area contributed by atoms with E-state index in [1.165, 1.54) is 36.7 Å². The Kier molecular flexibility index (Phi) is 6.76. The number of ether oxygens (including phenoxy) is 1. The number of carbonyl (C=O) groups is 1. The third-order valence-electron chi connectivity index (χ3n) is 5.34. The predicted molar refractivity (Wildman–Crippen MR) is 125 cm³/mol. The van der Waals surface area contributed by atoms with Crippen LogP contribution in [0.5, 0.6) is 5.75 Å². The highest BCUT2D eigenvalue weighted by molar-refractivity contribution is 8.00. The summed E-state index contributed by atoms with van der Waals surface area (Å²) in [6.45, 7) is 4.06. The first-order chi connectivity index (χ1) is 15.1. The fraction of sp³-hybridized carbons (Fsp3) is 0.348. The van der Waals surface area contributed by atoms with Crippen molar-refractivity contribution in [1.29, 1.82) is 0 Å². The SMILES string of the molecule is COc1ccc(-c2nc(SC(C)C(=O)Nc3ccc(N4CCCCC4)cc3)n[nH]2)cc1. The number of H-pyrrole nitrogens is 1. The molecule has 0 saturated carbocycles. The highest BCUT2D eigenvalue weighted by Crippen LogP contribution is 2.26. The summed E-state index contributed by atoms with van der Waals surface area (Å²) in [7, 11) is 1.63. The van der Waals surface area contributed by atoms with Gasteiger partial charge in [0.2, 0.25) is 11.1 Å². The van der Waals surface area contributed by atoms with Gasteiger partial charge in [-0.1, -0.05) is 11.8 Å². The van der Waals surface area contributed by atoms with Crippen molar-refractivity contribution in [1.82, 2.24) is 15.2 Å². The van der Waals surface area contributed by atoms with Crippen LogP contribution in [0.1, 0.15) is 26.2 Å². The molecular weight excluding hydrogens is 410 g/mol. The van der Waals surface area contributed by atoms with Crippen molar-refractivity contribution in [3.8, 4) is 17.1 Å². The van der Waals surface area contributed by atoms with E-state index in [2.05, 4.69) is 37.5 Å². The molecule has 1 atom stereocenters. The first-order valence-corrected chi connectivity index (χ1v) is 11.4. The van der Waals surface area contributed by atoms with Crippen molar-refractivity contribution in [3.63, 3.8) is 0 Å². The lowest BCUT2D eigenvalue weighted by Crippen LogP contribution is -2.29. The molecule has 3 aromatic rings. The van der Waals surface area contributed by atoms with Crippen molar-refractivity contribution < 1.29 is 9.53 Å². The first-order valence-electron chi connectivity index (χ1n) is 10.5. The van der Waals surface area contributed by atoms with Crippen LogP contribution in [0, 0.1) is 0 Å². The van der Waals surface area contributed by atoms with Gasteiger partial charge in [-0.3, -0.25) is 9.89 Å². The Morgan fingerprint density at radius 2 is 1.81 bits per heavy atom. The Morgan fingerprint density at radius 1 is 1.10 bits per heavy atom. The van der Waals surface area contributed by atoms with Gasteiger partial charge in [0.15, 0.2) is 5.82 Å². The Labute approximate surface area is 186 Å². The molecule has 2 heterocycles. The topological polar surface area (TPSA) is 83.1 Å². The van der Waals surface area contributed by atoms with Gasteiger partial charge in [-0.25, -0.2) is 4.98 Å². The maximum Gasteiger partial charge on any atom is 0.237 e. The van der Waals surface area contributed by atoms with Crippen molar-refractivity contribution in [2.45, 2.75) is 36.6 Å². The largest absolute Gasteiger partial charge is 0.497 e. The Hall–Kier alpha value is -3.00. The molecule has 1 amide bonds. The summed E-state index contributed by atoms with van der Waals surface area (Å²) in [5.41, 5.74) is 2.92. The fourth-order valence-corrected chi connectivity index (χ4v) is 4.26. The average Bonchev–Trinajstić information content (AvgIpc) is 3.28. The van der Waals surface area contributed by atoms with Gasteiger partial charge in [-0.05, 0) is 74.7 Å². The molecule has 0 radical (unpaired) electrons. The standard InChI is InChI=1S/C23H27N5O2S/c1-16(31-23-25-21(26-27-23)17-6-12-20(30-2)13-7-17)22(29)24-18-8-10-19(11-9-18)28-14-4-3-5-15-28/h6-13,16H,3-5,14-15H2,1-2H3,(H,24,29)(H,25,26,27). The lowest BCUT2D eigenvalue weighted by atomic mass is 10.1. The summed E-state index contributed by atoms with van der Waals surface area (Å²) >= 11 is 1.32. The van der Waals surface area contributed by atoms with Crippen molar-refractivity contribution in [3.05, 3.63) is 48.5 Å². The zero-order valence-electron chi connectivity index (χ0n) is 17.8. The summed E-state index contributed by atoms with van der Waals surface area (Å²) in [5, 5.41) is 10.4. The zero-order chi connectivity index (χ0) is 21.6. The van der Waals surface area contributed by atoms with Crippen LogP contribution in [0.15, 0.2) is 53.7 Å². The maximum atomic E-state index is 12.6. The minimum Gasteiger partial charge on any atom is -0.497 e. The summed E-state index contributed by atoms with van der Waals surface area (Å²) in [4.78, 5) is 19.5. The van der Waals surface area contributed by atoms with E-state index in [-0.39, 0.29) is 11.2 Å². The van der Waals surface area contributed by atoms with Crippen LogP contribution in [0.25, 0.3) is 11.4 Å². The quantitative estimate of drug-likeness (QED) is 0.526. The molecule has 1 unspecified atom stereocenters. The van der Waals surface area contributed by atoms with E-state index >= 15 is 0 Å². The number of nitrogens with one attached hydrogen (secondary N) is 2. The van der Waals surface area contributed by atoms with E-state index in [0.29, 0.717) is 11.0 Å². The van der Waals surface area contributed by atoms with E-state index < -0.39 is 0 Å². The Bertz CT molecular complexity index is 998. The van der Waals surface area contributed by atoms with E-state index in [9.17, 15) is 4.79 Å². The molecule has 4 rings (SSSR count). The van der Waals surface area contributed by atoms with Crippen molar-refractivity contribution in [2.75, 3.05) is 30.4 Å². The van der Waals surface area contributed by atoms with Gasteiger partial charge in [0.05, 0.1) is 12.4 Å². The number of piperidine rings is 1. The molecule has 1 aromatic heterocycles. The van der Waals surface area contributed by atoms with E-state index in [4.69, 9.17) is 4.74 Å². The van der Waals surface area contributed by atoms with Crippen LogP contribution in [0.3, 0.4) is 0 Å². The molecule has 2 aromatic carbocycles. The average molecular weight is 438 g/mol. The maximum absolute atomic E-state index is 12.6. The van der Waals surface area contributed by atoms with Gasteiger partial charge in [-0.15, -0.1) is 5.10 Å². The van der Waals surface area contributed by atoms with Crippen LogP contribution >= 0.6 is 11.8 Å². The lowest BCUT2D eigenvalue weighted by molar-refractivity contribution is -0.115. The van der Waals surface area contributed by atoms with Crippen molar-refractivity contribution >= 4 is 29.0 Å². The third kappa shape index (κ3) is 5.38. The van der Waals surface area contributed by atoms with Crippen LogP contribution in [0.2, 0.25) is 0 Å². The van der Waals surface area contributed by atoms with Crippen molar-refractivity contribution in [2.24, 2.45) is 0 Å². The zero-order valence-corrected chi connectivity index (χ0v) is 18.6. The van der Waals surface area contributed by atoms with Gasteiger partial charge in [0, 0.05) is 30.0 Å². The third-order valence-corrected chi connectivity index (χ3v) is 6.30. The monoisotopic (exact) mass is 437 g/mol. The number of thioether (sulfide) groups is 1. The number of anilines is 2. The number of rotatable bonds is 7. The smallest absolute Gasteiger partial charge is 0.237 e. The number of hydrogen-bond acceptors (Lipinski definition) is 6. The van der Waals surface area contributed by atoms with Gasteiger partial charge < -0.3 is 15.0 Å². The molecule has 1 aliphatic heterocycles. The first kappa shape index (κ1) is 21.2. The lowest BCUT2D eigenvalue weighted by Gasteiger charge is -2.28. The molecule has 0 spiro atoms. The highest BCUT2D eigenvalue weighted by atomic mass is 32.2. The van der Waals surface area contributed by atoms with Crippen LogP contribution in [-0.4, -0.2) is 46.5 Å². The number of nitrogens with zero attached hydrogens (tertiary/aromatic N) is 3. The molecular formula is C23H27N5O2S. The summed E-state index contributed by atoms with van der Waals surface area (Å²) < 4.78 is 5.18. The molecule has 8 heteroatoms. The number of benzene rings is 2. The van der Waals surface area contributed by atoms with E-state index in [1.807, 2.05) is 43.3 Å². The molecule has 31 heavy (non-hydrogen) atoms. The Morgan fingerprint density at radius 3 is 2.48 bits per heavy atom. The molecule has 0 aliphatic carbocycles. The molecule has 2 N–H and O–H groups in total. The number of hydrogen-bond donors (Lipinski definition) is 2. The molecule has 7 nitrogen and oxygen atoms in total. The summed E-state index contributed by atoms with van der Waals surface area (Å²) in [5.74, 6) is 1.37. The predicted octanol–water partition coefficient (Wildman–Crippen LogP) is 4.59. The molecule has 1 fully saturated rings. The van der Waals surface area contributed by atoms with Gasteiger partial charge in [0.1, 0.15) is 5.75 Å². The van der Waals surface area contributed by atoms with Gasteiger partial charge in [0.25, 0.3) is 0 Å². The van der Waals surface area contributed by atoms with E-state index in [0.717, 1.165) is 30.1 Å². The second-order valence-corrected chi connectivity index (χ2v) is 8.85. The van der Waals surface area contributed by atoms with E-state index in [1.54, 1.807) is 7.11 Å². The summed E-state index contributed by atoms with van der Waals surface area (Å²) in [6, 6.07) is 15.7. The number of amides is 1. The molecule has 0 bridgehead atoms. The number of aromatic nitrogens is 3. The number of aromatic amines is 1. The van der Waals surface area contributed by atoms with Crippen LogP contribution in [0.4, 0.5) is 11.4 Å². The second-order valence-electron chi connectivity index (χ2n) is 7.54. The molecule has 1 aliphatic rings. The molecule has 1 saturated heterocycles. The number of carbonyl (C=O) groups excluding carboxylic acids is 1. The van der Waals surface area contributed by atoms with Gasteiger partial charge >= 0.3 is 0 Å². The number of methoxy groups -OCH3 is 1. The normalized spacial score (nSPS) is 14.8. The fourth-order valence-electron chi connectivity index (χ4n) is 3.54. The minimum atomic E-state index is -0.332. The highest BCUT2D eigenvalue weighted by Gasteiger charge is 2.18. The van der Waals surface area contributed by atoms with Gasteiger partial charge in [-0.2, -0.15) is 0 Å². The van der Waals surface area contributed by atoms with Crippen LogP contribution < -0.4 is 15.0 Å². The second kappa shape index (κ2) is 9.87. The summed E-state index contributed by atoms with van der Waals surface area (Å²) in [6.07, 6.45) is 3.80. The van der Waals surface area contributed by atoms with Crippen LogP contribution in [-0.2, 0) is 4.79 Å².